The zero-order chi connectivity index (χ0) is 23.5. The van der Waals surface area contributed by atoms with Gasteiger partial charge in [-0.15, -0.1) is 0 Å². The summed E-state index contributed by atoms with van der Waals surface area (Å²) in [7, 11) is 0. The van der Waals surface area contributed by atoms with Gasteiger partial charge >= 0.3 is 12.3 Å². The maximum absolute atomic E-state index is 13.5. The van der Waals surface area contributed by atoms with Crippen molar-refractivity contribution in [1.82, 2.24) is 4.90 Å². The summed E-state index contributed by atoms with van der Waals surface area (Å²) in [6, 6.07) is 7.14. The highest BCUT2D eigenvalue weighted by Gasteiger charge is 2.44. The summed E-state index contributed by atoms with van der Waals surface area (Å²) in [6.45, 7) is -0.339. The number of ether oxygens (including phenoxy) is 2. The summed E-state index contributed by atoms with van der Waals surface area (Å²) >= 11 is 11.3. The van der Waals surface area contributed by atoms with E-state index in [0.717, 1.165) is 18.2 Å². The van der Waals surface area contributed by atoms with Crippen LogP contribution in [0.5, 0.6) is 0 Å². The van der Waals surface area contributed by atoms with Gasteiger partial charge in [0.15, 0.2) is 0 Å². The van der Waals surface area contributed by atoms with Gasteiger partial charge in [-0.3, -0.25) is 10.2 Å². The fourth-order valence-corrected chi connectivity index (χ4v) is 3.38. The van der Waals surface area contributed by atoms with Gasteiger partial charge in [0.1, 0.15) is 11.6 Å². The predicted molar refractivity (Wildman–Crippen MR) is 108 cm³/mol. The summed E-state index contributed by atoms with van der Waals surface area (Å²) in [6.07, 6.45) is -9.34. The maximum atomic E-state index is 13.5. The van der Waals surface area contributed by atoms with Crippen LogP contribution in [0, 0.1) is 11.6 Å². The molecule has 1 saturated heterocycles. The Labute approximate surface area is 190 Å². The second-order valence-corrected chi connectivity index (χ2v) is 7.80. The number of hydrogen-bond acceptors (Lipinski definition) is 4. The lowest BCUT2D eigenvalue weighted by Crippen LogP contribution is -2.48. The van der Waals surface area contributed by atoms with Crippen LogP contribution in [0.15, 0.2) is 36.4 Å². The van der Waals surface area contributed by atoms with Crippen LogP contribution in [0.2, 0.25) is 10.0 Å². The highest BCUT2D eigenvalue weighted by Crippen LogP contribution is 2.29. The van der Waals surface area contributed by atoms with Gasteiger partial charge in [0, 0.05) is 25.3 Å². The van der Waals surface area contributed by atoms with Gasteiger partial charge < -0.3 is 9.47 Å². The Kier molecular flexibility index (Phi) is 7.81. The molecule has 2 aromatic rings. The minimum absolute atomic E-state index is 0.0436. The van der Waals surface area contributed by atoms with E-state index >= 15 is 0 Å². The van der Waals surface area contributed by atoms with Crippen LogP contribution in [0.25, 0.3) is 0 Å². The van der Waals surface area contributed by atoms with E-state index in [0.29, 0.717) is 5.56 Å². The predicted octanol–water partition coefficient (Wildman–Crippen LogP) is 5.82. The number of alkyl halides is 3. The van der Waals surface area contributed by atoms with E-state index in [-0.39, 0.29) is 35.4 Å². The highest BCUT2D eigenvalue weighted by atomic mass is 35.5. The second-order valence-electron chi connectivity index (χ2n) is 6.98. The first-order chi connectivity index (χ1) is 15.0. The van der Waals surface area contributed by atoms with Crippen molar-refractivity contribution in [1.29, 1.82) is 0 Å². The Hall–Kier alpha value is -2.14. The molecule has 0 saturated carbocycles. The first kappa shape index (κ1) is 24.5. The van der Waals surface area contributed by atoms with Gasteiger partial charge in [-0.2, -0.15) is 13.2 Å². The minimum Gasteiger partial charge on any atom is -0.435 e. The van der Waals surface area contributed by atoms with Crippen molar-refractivity contribution in [2.75, 3.05) is 31.6 Å². The molecule has 2 atom stereocenters. The van der Waals surface area contributed by atoms with E-state index in [9.17, 15) is 26.7 Å². The number of amides is 1. The number of halogens is 7. The van der Waals surface area contributed by atoms with E-state index < -0.39 is 42.7 Å². The lowest BCUT2D eigenvalue weighted by molar-refractivity contribution is -0.209. The molecule has 1 amide bonds. The number of hydrogen-bond donors (Lipinski definition) is 1. The van der Waals surface area contributed by atoms with Gasteiger partial charge in [0.2, 0.25) is 6.10 Å². The van der Waals surface area contributed by atoms with Gasteiger partial charge in [-0.05, 0) is 35.9 Å². The number of carbonyl (C=O) groups is 1. The smallest absolute Gasteiger partial charge is 0.426 e. The van der Waals surface area contributed by atoms with E-state index in [1.54, 1.807) is 0 Å². The Balaban J connectivity index is 1.65. The van der Waals surface area contributed by atoms with E-state index in [4.69, 9.17) is 27.9 Å². The maximum Gasteiger partial charge on any atom is 0.426 e. The third kappa shape index (κ3) is 6.44. The number of carbonyl (C=O) groups excluding carboxylic acids is 1. The summed E-state index contributed by atoms with van der Waals surface area (Å²) in [5.41, 5.74) is 0.394. The van der Waals surface area contributed by atoms with E-state index in [1.165, 1.54) is 23.1 Å². The van der Waals surface area contributed by atoms with Gasteiger partial charge in [0.05, 0.1) is 22.8 Å². The average molecular weight is 499 g/mol. The first-order valence-corrected chi connectivity index (χ1v) is 10.1. The van der Waals surface area contributed by atoms with Gasteiger partial charge in [0.25, 0.3) is 0 Å². The molecule has 3 rings (SSSR count). The standard InChI is InChI=1S/C20H17Cl2F5N2O3/c21-13-3-2-12(8-16(13)24)28-19(30)32-18(20(25,26)27)10-29-5-6-31-17(9-29)11-1-4-15(23)14(22)7-11/h1-4,7-8,17-18H,5-6,9-10H2,(H,28,30)/t17-,18?/m0/s1. The van der Waals surface area contributed by atoms with Crippen molar-refractivity contribution < 1.29 is 36.2 Å². The molecule has 174 valence electrons. The van der Waals surface area contributed by atoms with Crippen molar-refractivity contribution in [2.24, 2.45) is 0 Å². The molecule has 2 aromatic carbocycles. The van der Waals surface area contributed by atoms with Crippen LogP contribution in [-0.4, -0.2) is 49.5 Å². The van der Waals surface area contributed by atoms with Crippen LogP contribution in [-0.2, 0) is 9.47 Å². The summed E-state index contributed by atoms with van der Waals surface area (Å²) < 4.78 is 77.5. The topological polar surface area (TPSA) is 50.8 Å². The average Bonchev–Trinajstić information content (AvgIpc) is 2.72. The van der Waals surface area contributed by atoms with Crippen molar-refractivity contribution in [3.8, 4) is 0 Å². The molecule has 0 radical (unpaired) electrons. The third-order valence-corrected chi connectivity index (χ3v) is 5.27. The molecule has 0 aromatic heterocycles. The molecule has 1 heterocycles. The molecule has 1 aliphatic heterocycles. The number of nitrogens with zero attached hydrogens (tertiary/aromatic N) is 1. The van der Waals surface area contributed by atoms with E-state index in [2.05, 4.69) is 4.74 Å². The minimum atomic E-state index is -4.85. The normalized spacial score (nSPS) is 18.3. The van der Waals surface area contributed by atoms with Crippen LogP contribution >= 0.6 is 23.2 Å². The Morgan fingerprint density at radius 1 is 1.16 bits per heavy atom. The molecule has 32 heavy (non-hydrogen) atoms. The van der Waals surface area contributed by atoms with Crippen molar-refractivity contribution in [2.45, 2.75) is 18.4 Å². The molecule has 1 aliphatic rings. The summed E-state index contributed by atoms with van der Waals surface area (Å²) in [4.78, 5) is 13.4. The van der Waals surface area contributed by atoms with Crippen molar-refractivity contribution in [3.05, 3.63) is 63.6 Å². The van der Waals surface area contributed by atoms with Crippen LogP contribution < -0.4 is 5.32 Å². The SMILES string of the molecule is O=C(Nc1ccc(Cl)c(F)c1)OC(CN1CCO[C@H](c2ccc(F)c(Cl)c2)C1)C(F)(F)F. The third-order valence-electron chi connectivity index (χ3n) is 4.67. The molecule has 0 bridgehead atoms. The molecule has 1 unspecified atom stereocenters. The zero-order valence-corrected chi connectivity index (χ0v) is 17.8. The number of anilines is 1. The molecule has 5 nitrogen and oxygen atoms in total. The summed E-state index contributed by atoms with van der Waals surface area (Å²) in [5, 5.41) is 1.71. The Morgan fingerprint density at radius 3 is 2.56 bits per heavy atom. The number of nitrogens with one attached hydrogen (secondary N) is 1. The van der Waals surface area contributed by atoms with Gasteiger partial charge in [-0.25, -0.2) is 13.6 Å². The molecule has 0 aliphatic carbocycles. The molecule has 1 N–H and O–H groups in total. The van der Waals surface area contributed by atoms with Gasteiger partial charge in [-0.1, -0.05) is 29.3 Å². The number of benzene rings is 2. The largest absolute Gasteiger partial charge is 0.435 e. The fourth-order valence-electron chi connectivity index (χ4n) is 3.08. The molecule has 12 heteroatoms. The van der Waals surface area contributed by atoms with Crippen molar-refractivity contribution in [3.63, 3.8) is 0 Å². The van der Waals surface area contributed by atoms with Crippen LogP contribution in [0.1, 0.15) is 11.7 Å². The molecule has 1 fully saturated rings. The van der Waals surface area contributed by atoms with Crippen molar-refractivity contribution >= 4 is 35.0 Å². The fraction of sp³-hybridized carbons (Fsp3) is 0.350. The highest BCUT2D eigenvalue weighted by molar-refractivity contribution is 6.31. The van der Waals surface area contributed by atoms with Crippen LogP contribution in [0.4, 0.5) is 32.4 Å². The monoisotopic (exact) mass is 498 g/mol. The van der Waals surface area contributed by atoms with E-state index in [1.807, 2.05) is 5.32 Å². The van der Waals surface area contributed by atoms with Crippen LogP contribution in [0.3, 0.4) is 0 Å². The molecular formula is C20H17Cl2F5N2O3. The lowest BCUT2D eigenvalue weighted by atomic mass is 10.1. The molecule has 0 spiro atoms. The summed E-state index contributed by atoms with van der Waals surface area (Å²) in [5.74, 6) is -1.47. The molecular weight excluding hydrogens is 482 g/mol. The Morgan fingerprint density at radius 2 is 1.91 bits per heavy atom. The Bertz CT molecular complexity index is 977. The quantitative estimate of drug-likeness (QED) is 0.527. The lowest BCUT2D eigenvalue weighted by Gasteiger charge is -2.35. The number of rotatable bonds is 5. The first-order valence-electron chi connectivity index (χ1n) is 9.31. The second kappa shape index (κ2) is 10.2. The number of morpholine rings is 1. The zero-order valence-electron chi connectivity index (χ0n) is 16.3.